The molecule has 0 bridgehead atoms. The van der Waals surface area contributed by atoms with Crippen LogP contribution in [0.2, 0.25) is 0 Å². The molecule has 104 valence electrons. The molecule has 1 rings (SSSR count). The zero-order valence-corrected chi connectivity index (χ0v) is 12.2. The quantitative estimate of drug-likeness (QED) is 0.511. The van der Waals surface area contributed by atoms with Crippen molar-refractivity contribution in [1.82, 2.24) is 5.32 Å². The van der Waals surface area contributed by atoms with Crippen molar-refractivity contribution in [2.45, 2.75) is 25.8 Å². The van der Waals surface area contributed by atoms with E-state index in [1.165, 1.54) is 0 Å². The van der Waals surface area contributed by atoms with Crippen molar-refractivity contribution in [3.8, 4) is 0 Å². The van der Waals surface area contributed by atoms with Crippen molar-refractivity contribution in [1.29, 1.82) is 0 Å². The van der Waals surface area contributed by atoms with Crippen LogP contribution in [0.3, 0.4) is 0 Å². The van der Waals surface area contributed by atoms with Gasteiger partial charge in [-0.25, -0.2) is 4.39 Å². The van der Waals surface area contributed by atoms with Crippen LogP contribution in [-0.2, 0) is 0 Å². The van der Waals surface area contributed by atoms with E-state index in [4.69, 9.17) is 0 Å². The summed E-state index contributed by atoms with van der Waals surface area (Å²) in [5, 5.41) is 14.1. The van der Waals surface area contributed by atoms with Gasteiger partial charge in [0.05, 0.1) is 11.0 Å². The summed E-state index contributed by atoms with van der Waals surface area (Å²) in [5.74, 6) is -1.34. The highest BCUT2D eigenvalue weighted by Crippen LogP contribution is 2.21. The number of nitro groups is 1. The molecule has 5 nitrogen and oxygen atoms in total. The van der Waals surface area contributed by atoms with Gasteiger partial charge >= 0.3 is 0 Å². The summed E-state index contributed by atoms with van der Waals surface area (Å²) in [6, 6.07) is 2.89. The van der Waals surface area contributed by atoms with E-state index in [1.807, 2.05) is 13.8 Å². The molecule has 0 saturated heterocycles. The highest BCUT2D eigenvalue weighted by atomic mass is 79.9. The molecule has 0 saturated carbocycles. The first-order valence-electron chi connectivity index (χ1n) is 5.65. The summed E-state index contributed by atoms with van der Waals surface area (Å²) in [7, 11) is 0. The van der Waals surface area contributed by atoms with Crippen LogP contribution in [0.15, 0.2) is 18.2 Å². The second kappa shape index (κ2) is 6.10. The minimum absolute atomic E-state index is 0.146. The van der Waals surface area contributed by atoms with Gasteiger partial charge in [0, 0.05) is 10.9 Å². The standard InChI is InChI=1S/C12H14BrFN2O3/c1-3-12(2,7-13)15-11(17)9-5-4-8(14)6-10(9)16(18)19/h4-6H,3,7H2,1-2H3,(H,15,17). The van der Waals surface area contributed by atoms with Crippen LogP contribution in [-0.4, -0.2) is 21.7 Å². The molecule has 0 heterocycles. The molecule has 7 heteroatoms. The number of nitrogens with one attached hydrogen (secondary N) is 1. The summed E-state index contributed by atoms with van der Waals surface area (Å²) < 4.78 is 13.0. The summed E-state index contributed by atoms with van der Waals surface area (Å²) in [6.45, 7) is 3.70. The predicted molar refractivity (Wildman–Crippen MR) is 73.0 cm³/mol. The topological polar surface area (TPSA) is 72.2 Å². The van der Waals surface area contributed by atoms with Gasteiger partial charge in [0.2, 0.25) is 0 Å². The highest BCUT2D eigenvalue weighted by Gasteiger charge is 2.27. The van der Waals surface area contributed by atoms with Gasteiger partial charge in [-0.2, -0.15) is 0 Å². The smallest absolute Gasteiger partial charge is 0.285 e. The fraction of sp³-hybridized carbons (Fsp3) is 0.417. The van der Waals surface area contributed by atoms with E-state index in [2.05, 4.69) is 21.2 Å². The van der Waals surface area contributed by atoms with Crippen LogP contribution in [0.25, 0.3) is 0 Å². The lowest BCUT2D eigenvalue weighted by Crippen LogP contribution is -2.47. The number of nitro benzene ring substituents is 1. The van der Waals surface area contributed by atoms with Gasteiger partial charge in [-0.05, 0) is 25.5 Å². The van der Waals surface area contributed by atoms with Crippen molar-refractivity contribution in [3.63, 3.8) is 0 Å². The first-order valence-corrected chi connectivity index (χ1v) is 6.77. The normalized spacial score (nSPS) is 13.7. The Morgan fingerprint density at radius 1 is 1.58 bits per heavy atom. The van der Waals surface area contributed by atoms with E-state index in [0.717, 1.165) is 18.2 Å². The van der Waals surface area contributed by atoms with Crippen molar-refractivity contribution < 1.29 is 14.1 Å². The number of carbonyl (C=O) groups excluding carboxylic acids is 1. The molecule has 1 amide bonds. The Hall–Kier alpha value is -1.50. The maximum Gasteiger partial charge on any atom is 0.285 e. The van der Waals surface area contributed by atoms with Crippen LogP contribution >= 0.6 is 15.9 Å². The molecule has 0 fully saturated rings. The molecule has 1 unspecified atom stereocenters. The minimum atomic E-state index is -0.768. The average Bonchev–Trinajstić information content (AvgIpc) is 2.38. The van der Waals surface area contributed by atoms with Crippen molar-refractivity contribution in [3.05, 3.63) is 39.7 Å². The molecule has 1 atom stereocenters. The Bertz CT molecular complexity index is 504. The first-order chi connectivity index (χ1) is 8.83. The van der Waals surface area contributed by atoms with Crippen LogP contribution in [0, 0.1) is 15.9 Å². The SMILES string of the molecule is CCC(C)(CBr)NC(=O)c1ccc(F)cc1[N+](=O)[O-]. The molecule has 0 aromatic heterocycles. The second-order valence-electron chi connectivity index (χ2n) is 4.42. The van der Waals surface area contributed by atoms with Crippen molar-refractivity contribution >= 4 is 27.5 Å². The molecule has 1 aromatic rings. The molecule has 0 radical (unpaired) electrons. The predicted octanol–water partition coefficient (Wildman–Crippen LogP) is 3.03. The second-order valence-corrected chi connectivity index (χ2v) is 4.98. The van der Waals surface area contributed by atoms with E-state index < -0.39 is 27.9 Å². The monoisotopic (exact) mass is 332 g/mol. The summed E-state index contributed by atoms with van der Waals surface area (Å²) in [4.78, 5) is 22.1. The van der Waals surface area contributed by atoms with Gasteiger partial charge in [-0.3, -0.25) is 14.9 Å². The largest absolute Gasteiger partial charge is 0.346 e. The molecular formula is C12H14BrFN2O3. The van der Waals surface area contributed by atoms with Crippen molar-refractivity contribution in [2.24, 2.45) is 0 Å². The van der Waals surface area contributed by atoms with Crippen LogP contribution in [0.4, 0.5) is 10.1 Å². The first kappa shape index (κ1) is 15.6. The Labute approximate surface area is 118 Å². The zero-order valence-electron chi connectivity index (χ0n) is 10.6. The molecule has 19 heavy (non-hydrogen) atoms. The van der Waals surface area contributed by atoms with E-state index in [0.29, 0.717) is 11.8 Å². The van der Waals surface area contributed by atoms with E-state index in [-0.39, 0.29) is 5.56 Å². The zero-order chi connectivity index (χ0) is 14.6. The number of benzene rings is 1. The lowest BCUT2D eigenvalue weighted by molar-refractivity contribution is -0.385. The Balaban J connectivity index is 3.10. The number of hydrogen-bond donors (Lipinski definition) is 1. The minimum Gasteiger partial charge on any atom is -0.346 e. The van der Waals surface area contributed by atoms with Gasteiger partial charge < -0.3 is 5.32 Å². The molecule has 0 aliphatic rings. The number of amides is 1. The molecular weight excluding hydrogens is 319 g/mol. The number of hydrogen-bond acceptors (Lipinski definition) is 3. The van der Waals surface area contributed by atoms with E-state index in [1.54, 1.807) is 0 Å². The summed E-state index contributed by atoms with van der Waals surface area (Å²) in [6.07, 6.45) is 0.652. The van der Waals surface area contributed by atoms with Gasteiger partial charge in [-0.1, -0.05) is 22.9 Å². The molecule has 1 aromatic carbocycles. The van der Waals surface area contributed by atoms with Gasteiger partial charge in [-0.15, -0.1) is 0 Å². The fourth-order valence-corrected chi connectivity index (χ4v) is 1.94. The molecule has 1 N–H and O–H groups in total. The molecule has 0 aliphatic heterocycles. The maximum atomic E-state index is 13.0. The van der Waals surface area contributed by atoms with Crippen molar-refractivity contribution in [2.75, 3.05) is 5.33 Å². The number of halogens is 2. The fourth-order valence-electron chi connectivity index (χ4n) is 1.41. The third kappa shape index (κ3) is 3.73. The van der Waals surface area contributed by atoms with E-state index in [9.17, 15) is 19.3 Å². The van der Waals surface area contributed by atoms with Crippen LogP contribution in [0.1, 0.15) is 30.6 Å². The van der Waals surface area contributed by atoms with E-state index >= 15 is 0 Å². The lowest BCUT2D eigenvalue weighted by atomic mass is 10.0. The number of rotatable bonds is 5. The number of nitrogens with zero attached hydrogens (tertiary/aromatic N) is 1. The summed E-state index contributed by atoms with van der Waals surface area (Å²) >= 11 is 3.28. The van der Waals surface area contributed by atoms with Crippen LogP contribution < -0.4 is 5.32 Å². The Morgan fingerprint density at radius 3 is 2.68 bits per heavy atom. The van der Waals surface area contributed by atoms with Crippen LogP contribution in [0.5, 0.6) is 0 Å². The number of carbonyl (C=O) groups is 1. The lowest BCUT2D eigenvalue weighted by Gasteiger charge is -2.27. The molecule has 0 spiro atoms. The highest BCUT2D eigenvalue weighted by molar-refractivity contribution is 9.09. The maximum absolute atomic E-state index is 13.0. The summed E-state index contributed by atoms with van der Waals surface area (Å²) in [5.41, 5.74) is -1.20. The Morgan fingerprint density at radius 2 is 2.21 bits per heavy atom. The van der Waals surface area contributed by atoms with Gasteiger partial charge in [0.25, 0.3) is 11.6 Å². The molecule has 0 aliphatic carbocycles. The van der Waals surface area contributed by atoms with Gasteiger partial charge in [0.15, 0.2) is 0 Å². The average molecular weight is 333 g/mol. The third-order valence-corrected chi connectivity index (χ3v) is 4.13. The van der Waals surface area contributed by atoms with Gasteiger partial charge in [0.1, 0.15) is 11.4 Å². The Kier molecular flexibility index (Phi) is 4.99. The third-order valence-electron chi connectivity index (χ3n) is 2.89. The number of alkyl halides is 1.